The highest BCUT2D eigenvalue weighted by Gasteiger charge is 2.28. The van der Waals surface area contributed by atoms with Gasteiger partial charge in [-0.3, -0.25) is 4.90 Å². The van der Waals surface area contributed by atoms with E-state index in [1.165, 1.54) is 37.9 Å². The summed E-state index contributed by atoms with van der Waals surface area (Å²) in [4.78, 5) is 2.72. The smallest absolute Gasteiger partial charge is 0.0473 e. The second-order valence-corrected chi connectivity index (χ2v) is 6.41. The minimum atomic E-state index is 0.575. The van der Waals surface area contributed by atoms with Gasteiger partial charge in [0.2, 0.25) is 0 Å². The average Bonchev–Trinajstić information content (AvgIpc) is 2.86. The molecule has 1 N–H and O–H groups in total. The minimum Gasteiger partial charge on any atom is -0.314 e. The third-order valence-electron chi connectivity index (χ3n) is 4.83. The monoisotopic (exact) mass is 258 g/mol. The summed E-state index contributed by atoms with van der Waals surface area (Å²) in [5.74, 6) is 1.88. The van der Waals surface area contributed by atoms with Gasteiger partial charge in [0.25, 0.3) is 0 Å². The summed E-state index contributed by atoms with van der Waals surface area (Å²) in [6, 6.07) is 11.6. The van der Waals surface area contributed by atoms with Crippen molar-refractivity contribution in [3.8, 4) is 0 Å². The Hall–Kier alpha value is -0.860. The maximum Gasteiger partial charge on any atom is 0.0473 e. The van der Waals surface area contributed by atoms with Crippen molar-refractivity contribution < 1.29 is 0 Å². The zero-order valence-corrected chi connectivity index (χ0v) is 12.0. The van der Waals surface area contributed by atoms with Gasteiger partial charge in [0.1, 0.15) is 0 Å². The summed E-state index contributed by atoms with van der Waals surface area (Å²) < 4.78 is 0. The van der Waals surface area contributed by atoms with Crippen LogP contribution in [0.3, 0.4) is 0 Å². The molecular weight excluding hydrogens is 232 g/mol. The predicted octanol–water partition coefficient (Wildman–Crippen LogP) is 3.07. The summed E-state index contributed by atoms with van der Waals surface area (Å²) in [7, 11) is 0. The molecule has 3 atom stereocenters. The molecule has 2 aliphatic rings. The van der Waals surface area contributed by atoms with E-state index in [0.29, 0.717) is 6.04 Å². The van der Waals surface area contributed by atoms with Crippen LogP contribution in [0.1, 0.15) is 37.8 Å². The number of hydrogen-bond donors (Lipinski definition) is 1. The average molecular weight is 258 g/mol. The Balaban J connectivity index is 1.67. The molecule has 2 heteroatoms. The minimum absolute atomic E-state index is 0.575. The third-order valence-corrected chi connectivity index (χ3v) is 4.83. The second-order valence-electron chi connectivity index (χ2n) is 6.41. The van der Waals surface area contributed by atoms with Gasteiger partial charge >= 0.3 is 0 Å². The molecule has 0 radical (unpaired) electrons. The van der Waals surface area contributed by atoms with Crippen molar-refractivity contribution in [3.05, 3.63) is 35.9 Å². The van der Waals surface area contributed by atoms with E-state index in [1.807, 2.05) is 0 Å². The SMILES string of the molecule is CC1CCC(CN2CCNCC2c2ccccc2)C1. The molecule has 1 aliphatic carbocycles. The van der Waals surface area contributed by atoms with Crippen molar-refractivity contribution in [3.63, 3.8) is 0 Å². The van der Waals surface area contributed by atoms with E-state index in [2.05, 4.69) is 47.5 Å². The highest BCUT2D eigenvalue weighted by Crippen LogP contribution is 2.33. The maximum atomic E-state index is 3.56. The first-order valence-corrected chi connectivity index (χ1v) is 7.82. The van der Waals surface area contributed by atoms with E-state index in [-0.39, 0.29) is 0 Å². The Morgan fingerprint density at radius 1 is 1.21 bits per heavy atom. The Kier molecular flexibility index (Phi) is 4.19. The lowest BCUT2D eigenvalue weighted by Gasteiger charge is -2.38. The molecule has 1 aromatic carbocycles. The van der Waals surface area contributed by atoms with E-state index in [4.69, 9.17) is 0 Å². The molecular formula is C17H26N2. The molecule has 104 valence electrons. The zero-order valence-electron chi connectivity index (χ0n) is 12.0. The van der Waals surface area contributed by atoms with Gasteiger partial charge in [-0.05, 0) is 30.2 Å². The first-order valence-electron chi connectivity index (χ1n) is 7.82. The van der Waals surface area contributed by atoms with Crippen LogP contribution < -0.4 is 5.32 Å². The lowest BCUT2D eigenvalue weighted by Crippen LogP contribution is -2.47. The highest BCUT2D eigenvalue weighted by molar-refractivity contribution is 5.20. The Morgan fingerprint density at radius 2 is 2.05 bits per heavy atom. The van der Waals surface area contributed by atoms with Crippen LogP contribution in [0.4, 0.5) is 0 Å². The van der Waals surface area contributed by atoms with Gasteiger partial charge in [-0.15, -0.1) is 0 Å². The van der Waals surface area contributed by atoms with Crippen LogP contribution in [-0.4, -0.2) is 31.1 Å². The summed E-state index contributed by atoms with van der Waals surface area (Å²) in [5, 5.41) is 3.56. The molecule has 3 rings (SSSR count). The molecule has 1 heterocycles. The molecule has 0 bridgehead atoms. The lowest BCUT2D eigenvalue weighted by molar-refractivity contribution is 0.137. The van der Waals surface area contributed by atoms with Crippen molar-refractivity contribution >= 4 is 0 Å². The van der Waals surface area contributed by atoms with Crippen LogP contribution in [0.15, 0.2) is 30.3 Å². The van der Waals surface area contributed by atoms with E-state index < -0.39 is 0 Å². The van der Waals surface area contributed by atoms with E-state index >= 15 is 0 Å². The number of benzene rings is 1. The summed E-state index contributed by atoms with van der Waals surface area (Å²) in [5.41, 5.74) is 1.47. The fourth-order valence-corrected chi connectivity index (χ4v) is 3.79. The quantitative estimate of drug-likeness (QED) is 0.896. The van der Waals surface area contributed by atoms with Crippen LogP contribution in [0.5, 0.6) is 0 Å². The molecule has 1 aromatic rings. The predicted molar refractivity (Wildman–Crippen MR) is 80.1 cm³/mol. The van der Waals surface area contributed by atoms with Crippen LogP contribution >= 0.6 is 0 Å². The molecule has 2 nitrogen and oxygen atoms in total. The van der Waals surface area contributed by atoms with Crippen LogP contribution in [0, 0.1) is 11.8 Å². The number of nitrogens with zero attached hydrogens (tertiary/aromatic N) is 1. The summed E-state index contributed by atoms with van der Waals surface area (Å²) in [6.07, 6.45) is 4.31. The van der Waals surface area contributed by atoms with Gasteiger partial charge in [-0.25, -0.2) is 0 Å². The molecule has 0 aromatic heterocycles. The zero-order chi connectivity index (χ0) is 13.1. The molecule has 1 aliphatic heterocycles. The molecule has 1 saturated carbocycles. The van der Waals surface area contributed by atoms with Gasteiger partial charge in [0.15, 0.2) is 0 Å². The Morgan fingerprint density at radius 3 is 2.79 bits per heavy atom. The second kappa shape index (κ2) is 6.06. The lowest BCUT2D eigenvalue weighted by atomic mass is 9.99. The Labute approximate surface area is 117 Å². The molecule has 3 unspecified atom stereocenters. The van der Waals surface area contributed by atoms with Gasteiger partial charge in [0.05, 0.1) is 0 Å². The maximum absolute atomic E-state index is 3.56. The normalized spacial score (nSPS) is 32.6. The molecule has 2 fully saturated rings. The van der Waals surface area contributed by atoms with Crippen molar-refractivity contribution in [2.45, 2.75) is 32.2 Å². The largest absolute Gasteiger partial charge is 0.314 e. The van der Waals surface area contributed by atoms with Crippen molar-refractivity contribution in [1.82, 2.24) is 10.2 Å². The fourth-order valence-electron chi connectivity index (χ4n) is 3.79. The van der Waals surface area contributed by atoms with Crippen molar-refractivity contribution in [2.75, 3.05) is 26.2 Å². The number of hydrogen-bond acceptors (Lipinski definition) is 2. The molecule has 1 saturated heterocycles. The first kappa shape index (κ1) is 13.1. The number of rotatable bonds is 3. The molecule has 19 heavy (non-hydrogen) atoms. The van der Waals surface area contributed by atoms with Gasteiger partial charge in [-0.2, -0.15) is 0 Å². The number of nitrogens with one attached hydrogen (secondary N) is 1. The van der Waals surface area contributed by atoms with E-state index in [9.17, 15) is 0 Å². The standard InChI is InChI=1S/C17H26N2/c1-14-7-8-15(11-14)13-19-10-9-18-12-17(19)16-5-3-2-4-6-16/h2-6,14-15,17-18H,7-13H2,1H3. The van der Waals surface area contributed by atoms with Crippen LogP contribution in [-0.2, 0) is 0 Å². The first-order chi connectivity index (χ1) is 9.33. The van der Waals surface area contributed by atoms with Gasteiger partial charge in [0, 0.05) is 32.2 Å². The van der Waals surface area contributed by atoms with Gasteiger partial charge in [-0.1, -0.05) is 43.7 Å². The van der Waals surface area contributed by atoms with Crippen LogP contribution in [0.2, 0.25) is 0 Å². The Bertz CT molecular complexity index is 390. The van der Waals surface area contributed by atoms with Crippen molar-refractivity contribution in [2.24, 2.45) is 11.8 Å². The number of piperazine rings is 1. The van der Waals surface area contributed by atoms with Gasteiger partial charge < -0.3 is 5.32 Å². The molecule has 0 amide bonds. The fraction of sp³-hybridized carbons (Fsp3) is 0.647. The summed E-state index contributed by atoms with van der Waals surface area (Å²) >= 11 is 0. The third kappa shape index (κ3) is 3.18. The molecule has 0 spiro atoms. The highest BCUT2D eigenvalue weighted by atomic mass is 15.2. The van der Waals surface area contributed by atoms with Crippen molar-refractivity contribution in [1.29, 1.82) is 0 Å². The van der Waals surface area contributed by atoms with E-state index in [0.717, 1.165) is 24.9 Å². The van der Waals surface area contributed by atoms with E-state index in [1.54, 1.807) is 0 Å². The van der Waals surface area contributed by atoms with Crippen LogP contribution in [0.25, 0.3) is 0 Å². The topological polar surface area (TPSA) is 15.3 Å². The summed E-state index contributed by atoms with van der Waals surface area (Å²) in [6.45, 7) is 7.15.